The molecular formula is C12H14FNO3S. The summed E-state index contributed by atoms with van der Waals surface area (Å²) >= 11 is 0.765. The molecule has 1 amide bonds. The molecule has 98 valence electrons. The molecule has 0 aliphatic rings. The minimum Gasteiger partial charge on any atom is -0.463 e. The van der Waals surface area contributed by atoms with Crippen molar-refractivity contribution < 1.29 is 18.7 Å². The lowest BCUT2D eigenvalue weighted by Crippen LogP contribution is -2.15. The molecule has 0 fully saturated rings. The van der Waals surface area contributed by atoms with Crippen LogP contribution in [0.5, 0.6) is 0 Å². The Bertz CT molecular complexity index is 422. The van der Waals surface area contributed by atoms with E-state index in [0.29, 0.717) is 10.6 Å². The third kappa shape index (κ3) is 4.75. The van der Waals surface area contributed by atoms with Crippen molar-refractivity contribution in [2.45, 2.75) is 24.2 Å². The minimum absolute atomic E-state index is 0.154. The molecule has 1 atom stereocenters. The Hall–Kier alpha value is -1.56. The molecule has 18 heavy (non-hydrogen) atoms. The fourth-order valence-electron chi connectivity index (χ4n) is 1.20. The molecule has 6 heteroatoms. The van der Waals surface area contributed by atoms with Gasteiger partial charge in [0.15, 0.2) is 0 Å². The van der Waals surface area contributed by atoms with Crippen LogP contribution < -0.4 is 5.32 Å². The van der Waals surface area contributed by atoms with Crippen LogP contribution in [0.25, 0.3) is 0 Å². The number of benzene rings is 1. The van der Waals surface area contributed by atoms with Gasteiger partial charge in [-0.2, -0.15) is 0 Å². The van der Waals surface area contributed by atoms with Crippen LogP contribution in [0.4, 0.5) is 10.1 Å². The van der Waals surface area contributed by atoms with Crippen LogP contribution >= 0.6 is 11.8 Å². The fourth-order valence-corrected chi connectivity index (χ4v) is 1.89. The Morgan fingerprint density at radius 1 is 1.39 bits per heavy atom. The van der Waals surface area contributed by atoms with Crippen LogP contribution in [0.1, 0.15) is 13.8 Å². The number of ether oxygens (including phenoxy) is 1. The number of amides is 1. The summed E-state index contributed by atoms with van der Waals surface area (Å²) in [6.45, 7) is 3.18. The summed E-state index contributed by atoms with van der Waals surface area (Å²) in [5.41, 5.74) is -1.12. The van der Waals surface area contributed by atoms with Crippen LogP contribution in [0.3, 0.4) is 0 Å². The molecule has 1 aromatic rings. The first-order valence-corrected chi connectivity index (χ1v) is 6.26. The van der Waals surface area contributed by atoms with Crippen LogP contribution in [0.15, 0.2) is 29.2 Å². The van der Waals surface area contributed by atoms with E-state index in [1.165, 1.54) is 6.92 Å². The topological polar surface area (TPSA) is 55.4 Å². The van der Waals surface area contributed by atoms with Gasteiger partial charge in [0.05, 0.1) is 6.61 Å². The third-order valence-electron chi connectivity index (χ3n) is 1.89. The van der Waals surface area contributed by atoms with Crippen molar-refractivity contribution in [1.82, 2.24) is 0 Å². The number of carbonyl (C=O) groups excluding carboxylic acids is 2. The molecule has 1 aromatic carbocycles. The van der Waals surface area contributed by atoms with E-state index in [-0.39, 0.29) is 12.5 Å². The zero-order valence-electron chi connectivity index (χ0n) is 10.1. The SMILES string of the molecule is CCOC(=O)C(F)Sc1ccc(NC(C)=O)cc1. The van der Waals surface area contributed by atoms with Crippen molar-refractivity contribution in [3.63, 3.8) is 0 Å². The first-order chi connectivity index (χ1) is 8.52. The Morgan fingerprint density at radius 2 is 2.00 bits per heavy atom. The number of alkyl halides is 1. The molecule has 4 nitrogen and oxygen atoms in total. The van der Waals surface area contributed by atoms with Crippen molar-refractivity contribution in [2.24, 2.45) is 0 Å². The smallest absolute Gasteiger partial charge is 0.351 e. The zero-order valence-corrected chi connectivity index (χ0v) is 10.9. The van der Waals surface area contributed by atoms with Gasteiger partial charge in [0, 0.05) is 17.5 Å². The van der Waals surface area contributed by atoms with Crippen LogP contribution in [-0.2, 0) is 14.3 Å². The van der Waals surface area contributed by atoms with Crippen LogP contribution in [-0.4, -0.2) is 24.0 Å². The second kappa shape index (κ2) is 7.00. The molecule has 0 spiro atoms. The van der Waals surface area contributed by atoms with E-state index >= 15 is 0 Å². The van der Waals surface area contributed by atoms with E-state index in [4.69, 9.17) is 0 Å². The highest BCUT2D eigenvalue weighted by Gasteiger charge is 2.19. The lowest BCUT2D eigenvalue weighted by atomic mass is 10.3. The Morgan fingerprint density at radius 3 is 2.50 bits per heavy atom. The Kier molecular flexibility index (Phi) is 5.64. The Balaban J connectivity index is 2.58. The quantitative estimate of drug-likeness (QED) is 0.660. The molecule has 1 N–H and O–H groups in total. The minimum atomic E-state index is -1.74. The molecule has 0 radical (unpaired) electrons. The van der Waals surface area contributed by atoms with E-state index in [0.717, 1.165) is 11.8 Å². The van der Waals surface area contributed by atoms with Gasteiger partial charge in [0.1, 0.15) is 0 Å². The summed E-state index contributed by atoms with van der Waals surface area (Å²) in [6.07, 6.45) is 0. The largest absolute Gasteiger partial charge is 0.463 e. The van der Waals surface area contributed by atoms with Crippen LogP contribution in [0.2, 0.25) is 0 Å². The third-order valence-corrected chi connectivity index (χ3v) is 2.83. The maximum atomic E-state index is 13.4. The summed E-state index contributed by atoms with van der Waals surface area (Å²) in [4.78, 5) is 22.5. The van der Waals surface area contributed by atoms with Gasteiger partial charge < -0.3 is 10.1 Å². The van der Waals surface area contributed by atoms with Crippen molar-refractivity contribution >= 4 is 29.3 Å². The number of esters is 1. The fraction of sp³-hybridized carbons (Fsp3) is 0.333. The van der Waals surface area contributed by atoms with Gasteiger partial charge in [-0.05, 0) is 31.2 Å². The van der Waals surface area contributed by atoms with Gasteiger partial charge in [-0.1, -0.05) is 11.8 Å². The summed E-state index contributed by atoms with van der Waals surface area (Å²) < 4.78 is 18.0. The lowest BCUT2D eigenvalue weighted by Gasteiger charge is -2.08. The summed E-state index contributed by atoms with van der Waals surface area (Å²) in [6, 6.07) is 6.53. The predicted molar refractivity (Wildman–Crippen MR) is 68.1 cm³/mol. The lowest BCUT2D eigenvalue weighted by molar-refractivity contribution is -0.145. The maximum absolute atomic E-state index is 13.4. The van der Waals surface area contributed by atoms with Crippen molar-refractivity contribution in [3.8, 4) is 0 Å². The highest BCUT2D eigenvalue weighted by Crippen LogP contribution is 2.26. The summed E-state index contributed by atoms with van der Waals surface area (Å²) in [5, 5.41) is 2.59. The first-order valence-electron chi connectivity index (χ1n) is 5.38. The van der Waals surface area contributed by atoms with Gasteiger partial charge in [-0.25, -0.2) is 9.18 Å². The number of thioether (sulfide) groups is 1. The van der Waals surface area contributed by atoms with Gasteiger partial charge >= 0.3 is 5.97 Å². The highest BCUT2D eigenvalue weighted by atomic mass is 32.2. The molecule has 0 aliphatic carbocycles. The van der Waals surface area contributed by atoms with Gasteiger partial charge in [-0.3, -0.25) is 4.79 Å². The molecule has 0 aromatic heterocycles. The first kappa shape index (κ1) is 14.5. The molecule has 0 saturated heterocycles. The number of carbonyl (C=O) groups is 2. The molecule has 0 bridgehead atoms. The van der Waals surface area contributed by atoms with E-state index in [1.807, 2.05) is 0 Å². The summed E-state index contributed by atoms with van der Waals surface area (Å²) in [5.74, 6) is -1.06. The molecular weight excluding hydrogens is 257 g/mol. The average molecular weight is 271 g/mol. The van der Waals surface area contributed by atoms with Crippen LogP contribution in [0, 0.1) is 0 Å². The maximum Gasteiger partial charge on any atom is 0.351 e. The number of hydrogen-bond acceptors (Lipinski definition) is 4. The normalized spacial score (nSPS) is 11.7. The van der Waals surface area contributed by atoms with Gasteiger partial charge in [0.2, 0.25) is 11.4 Å². The summed E-state index contributed by atoms with van der Waals surface area (Å²) in [7, 11) is 0. The average Bonchev–Trinajstić information content (AvgIpc) is 2.31. The number of anilines is 1. The zero-order chi connectivity index (χ0) is 13.5. The molecule has 0 aliphatic heterocycles. The van der Waals surface area contributed by atoms with E-state index in [9.17, 15) is 14.0 Å². The van der Waals surface area contributed by atoms with Gasteiger partial charge in [-0.15, -0.1) is 0 Å². The molecule has 1 unspecified atom stereocenters. The molecule has 0 saturated carbocycles. The van der Waals surface area contributed by atoms with Gasteiger partial charge in [0.25, 0.3) is 0 Å². The van der Waals surface area contributed by atoms with Crippen molar-refractivity contribution in [1.29, 1.82) is 0 Å². The molecule has 0 heterocycles. The molecule has 1 rings (SSSR count). The highest BCUT2D eigenvalue weighted by molar-refractivity contribution is 8.00. The Labute approximate surface area is 109 Å². The van der Waals surface area contributed by atoms with E-state index < -0.39 is 11.5 Å². The number of nitrogens with one attached hydrogen (secondary N) is 1. The number of rotatable bonds is 5. The van der Waals surface area contributed by atoms with E-state index in [2.05, 4.69) is 10.1 Å². The predicted octanol–water partition coefficient (Wildman–Crippen LogP) is 2.60. The standard InChI is InChI=1S/C12H14FNO3S/c1-3-17-12(16)11(13)18-10-6-4-9(5-7-10)14-8(2)15/h4-7,11H,3H2,1-2H3,(H,14,15). The number of halogens is 1. The van der Waals surface area contributed by atoms with Crippen molar-refractivity contribution in [3.05, 3.63) is 24.3 Å². The van der Waals surface area contributed by atoms with Crippen molar-refractivity contribution in [2.75, 3.05) is 11.9 Å². The number of hydrogen-bond donors (Lipinski definition) is 1. The van der Waals surface area contributed by atoms with E-state index in [1.54, 1.807) is 31.2 Å². The second-order valence-electron chi connectivity index (χ2n) is 3.39. The second-order valence-corrected chi connectivity index (χ2v) is 4.51. The monoisotopic (exact) mass is 271 g/mol.